The Bertz CT molecular complexity index is 590. The minimum Gasteiger partial charge on any atom is -0.392 e. The molecule has 5 heteroatoms. The number of halogens is 3. The number of rotatable bonds is 4. The molecule has 2 aromatic rings. The third-order valence-corrected chi connectivity index (χ3v) is 3.04. The Morgan fingerprint density at radius 3 is 2.68 bits per heavy atom. The first kappa shape index (κ1) is 13.8. The van der Waals surface area contributed by atoms with E-state index in [9.17, 15) is 8.78 Å². The number of hydrogen-bond donors (Lipinski definition) is 2. The van der Waals surface area contributed by atoms with Crippen LogP contribution in [0, 0.1) is 11.6 Å². The molecule has 0 aliphatic carbocycles. The Kier molecular flexibility index (Phi) is 4.35. The van der Waals surface area contributed by atoms with Gasteiger partial charge in [0.1, 0.15) is 0 Å². The Hall–Kier alpha value is -1.65. The SMILES string of the molecule is OCc1ccc(Cl)c(NCc2cccc(F)c2F)c1. The van der Waals surface area contributed by atoms with E-state index in [2.05, 4.69) is 5.32 Å². The van der Waals surface area contributed by atoms with Crippen LogP contribution >= 0.6 is 11.6 Å². The highest BCUT2D eigenvalue weighted by Gasteiger charge is 2.08. The average Bonchev–Trinajstić information content (AvgIpc) is 2.42. The van der Waals surface area contributed by atoms with E-state index in [1.807, 2.05) is 0 Å². The molecule has 0 fully saturated rings. The summed E-state index contributed by atoms with van der Waals surface area (Å²) in [5.41, 5.74) is 1.47. The van der Waals surface area contributed by atoms with Gasteiger partial charge in [-0.1, -0.05) is 29.8 Å². The van der Waals surface area contributed by atoms with Crippen LogP contribution in [0.25, 0.3) is 0 Å². The van der Waals surface area contributed by atoms with Crippen LogP contribution in [0.15, 0.2) is 36.4 Å². The van der Waals surface area contributed by atoms with Crippen molar-refractivity contribution < 1.29 is 13.9 Å². The monoisotopic (exact) mass is 283 g/mol. The van der Waals surface area contributed by atoms with Crippen LogP contribution in [0.3, 0.4) is 0 Å². The van der Waals surface area contributed by atoms with Crippen LogP contribution in [0.1, 0.15) is 11.1 Å². The van der Waals surface area contributed by atoms with E-state index in [1.54, 1.807) is 18.2 Å². The van der Waals surface area contributed by atoms with Gasteiger partial charge in [-0.3, -0.25) is 0 Å². The van der Waals surface area contributed by atoms with Crippen molar-refractivity contribution in [3.8, 4) is 0 Å². The van der Waals surface area contributed by atoms with Gasteiger partial charge in [0.2, 0.25) is 0 Å². The summed E-state index contributed by atoms with van der Waals surface area (Å²) in [6.07, 6.45) is 0. The lowest BCUT2D eigenvalue weighted by atomic mass is 10.1. The molecule has 0 saturated heterocycles. The standard InChI is InChI=1S/C14H12ClF2NO/c15-11-5-4-9(8-19)6-13(11)18-7-10-2-1-3-12(16)14(10)17/h1-6,18-19H,7-8H2. The molecular weight excluding hydrogens is 272 g/mol. The molecule has 0 radical (unpaired) electrons. The Morgan fingerprint density at radius 2 is 1.95 bits per heavy atom. The largest absolute Gasteiger partial charge is 0.392 e. The highest BCUT2D eigenvalue weighted by molar-refractivity contribution is 6.33. The van der Waals surface area contributed by atoms with Crippen molar-refractivity contribution in [1.82, 2.24) is 0 Å². The molecule has 0 saturated carbocycles. The van der Waals surface area contributed by atoms with Gasteiger partial charge in [0, 0.05) is 12.1 Å². The van der Waals surface area contributed by atoms with E-state index in [0.717, 1.165) is 6.07 Å². The van der Waals surface area contributed by atoms with Gasteiger partial charge in [0.25, 0.3) is 0 Å². The van der Waals surface area contributed by atoms with Crippen molar-refractivity contribution in [2.24, 2.45) is 0 Å². The maximum absolute atomic E-state index is 13.5. The van der Waals surface area contributed by atoms with E-state index >= 15 is 0 Å². The summed E-state index contributed by atoms with van der Waals surface area (Å²) in [5.74, 6) is -1.75. The van der Waals surface area contributed by atoms with Gasteiger partial charge in [-0.15, -0.1) is 0 Å². The van der Waals surface area contributed by atoms with Gasteiger partial charge in [-0.2, -0.15) is 0 Å². The van der Waals surface area contributed by atoms with Crippen molar-refractivity contribution in [2.45, 2.75) is 13.2 Å². The Morgan fingerprint density at radius 1 is 1.16 bits per heavy atom. The first-order valence-corrected chi connectivity index (χ1v) is 6.05. The smallest absolute Gasteiger partial charge is 0.163 e. The highest BCUT2D eigenvalue weighted by atomic mass is 35.5. The highest BCUT2D eigenvalue weighted by Crippen LogP contribution is 2.24. The van der Waals surface area contributed by atoms with Gasteiger partial charge >= 0.3 is 0 Å². The van der Waals surface area contributed by atoms with E-state index in [-0.39, 0.29) is 18.7 Å². The van der Waals surface area contributed by atoms with Crippen molar-refractivity contribution in [3.05, 3.63) is 64.2 Å². The number of aliphatic hydroxyl groups is 1. The number of hydrogen-bond acceptors (Lipinski definition) is 2. The fourth-order valence-electron chi connectivity index (χ4n) is 1.68. The van der Waals surface area contributed by atoms with Gasteiger partial charge in [0.15, 0.2) is 11.6 Å². The third kappa shape index (κ3) is 3.22. The van der Waals surface area contributed by atoms with E-state index < -0.39 is 11.6 Å². The summed E-state index contributed by atoms with van der Waals surface area (Å²) >= 11 is 5.98. The first-order chi connectivity index (χ1) is 9.11. The molecule has 2 nitrogen and oxygen atoms in total. The van der Waals surface area contributed by atoms with Gasteiger partial charge in [-0.25, -0.2) is 8.78 Å². The Balaban J connectivity index is 2.16. The number of anilines is 1. The Labute approximate surface area is 114 Å². The average molecular weight is 284 g/mol. The van der Waals surface area contributed by atoms with Crippen LogP contribution in [0.2, 0.25) is 5.02 Å². The summed E-state index contributed by atoms with van der Waals surface area (Å²) < 4.78 is 26.5. The molecule has 0 aromatic heterocycles. The predicted molar refractivity (Wildman–Crippen MR) is 71.1 cm³/mol. The quantitative estimate of drug-likeness (QED) is 0.896. The van der Waals surface area contributed by atoms with E-state index in [4.69, 9.17) is 16.7 Å². The van der Waals surface area contributed by atoms with E-state index in [1.165, 1.54) is 12.1 Å². The number of nitrogens with one attached hydrogen (secondary N) is 1. The molecular formula is C14H12ClF2NO. The van der Waals surface area contributed by atoms with Gasteiger partial charge in [0.05, 0.1) is 17.3 Å². The molecule has 2 rings (SSSR count). The summed E-state index contributed by atoms with van der Waals surface area (Å²) in [7, 11) is 0. The maximum Gasteiger partial charge on any atom is 0.163 e. The summed E-state index contributed by atoms with van der Waals surface area (Å²) in [6, 6.07) is 9.00. The topological polar surface area (TPSA) is 32.3 Å². The minimum atomic E-state index is -0.880. The van der Waals surface area contributed by atoms with Crippen molar-refractivity contribution in [3.63, 3.8) is 0 Å². The van der Waals surface area contributed by atoms with Gasteiger partial charge in [-0.05, 0) is 23.8 Å². The fourth-order valence-corrected chi connectivity index (χ4v) is 1.87. The molecule has 0 spiro atoms. The van der Waals surface area contributed by atoms with Crippen LogP contribution in [0.4, 0.5) is 14.5 Å². The molecule has 0 bridgehead atoms. The summed E-state index contributed by atoms with van der Waals surface area (Å²) in [4.78, 5) is 0. The number of benzene rings is 2. The van der Waals surface area contributed by atoms with Crippen molar-refractivity contribution in [1.29, 1.82) is 0 Å². The summed E-state index contributed by atoms with van der Waals surface area (Å²) in [5, 5.41) is 12.4. The van der Waals surface area contributed by atoms with Crippen molar-refractivity contribution >= 4 is 17.3 Å². The molecule has 0 heterocycles. The first-order valence-electron chi connectivity index (χ1n) is 5.68. The van der Waals surface area contributed by atoms with Crippen LogP contribution < -0.4 is 5.32 Å². The zero-order valence-corrected chi connectivity index (χ0v) is 10.7. The zero-order valence-electron chi connectivity index (χ0n) is 9.96. The lowest BCUT2D eigenvalue weighted by molar-refractivity contribution is 0.282. The molecule has 0 atom stereocenters. The lowest BCUT2D eigenvalue weighted by Gasteiger charge is -2.10. The van der Waals surface area contributed by atoms with Gasteiger partial charge < -0.3 is 10.4 Å². The molecule has 0 aliphatic heterocycles. The molecule has 0 aliphatic rings. The van der Waals surface area contributed by atoms with E-state index in [0.29, 0.717) is 16.3 Å². The molecule has 2 aromatic carbocycles. The lowest BCUT2D eigenvalue weighted by Crippen LogP contribution is -2.04. The predicted octanol–water partition coefficient (Wildman–Crippen LogP) is 3.72. The second-order valence-electron chi connectivity index (χ2n) is 4.04. The normalized spacial score (nSPS) is 10.5. The molecule has 0 amide bonds. The third-order valence-electron chi connectivity index (χ3n) is 2.71. The second-order valence-corrected chi connectivity index (χ2v) is 4.45. The zero-order chi connectivity index (χ0) is 13.8. The molecule has 100 valence electrons. The van der Waals surface area contributed by atoms with Crippen LogP contribution in [-0.2, 0) is 13.2 Å². The fraction of sp³-hybridized carbons (Fsp3) is 0.143. The van der Waals surface area contributed by atoms with Crippen molar-refractivity contribution in [2.75, 3.05) is 5.32 Å². The summed E-state index contributed by atoms with van der Waals surface area (Å²) in [6.45, 7) is -0.00162. The maximum atomic E-state index is 13.5. The minimum absolute atomic E-state index is 0.109. The molecule has 0 unspecified atom stereocenters. The van der Waals surface area contributed by atoms with Crippen LogP contribution in [-0.4, -0.2) is 5.11 Å². The second kappa shape index (κ2) is 5.99. The molecule has 19 heavy (non-hydrogen) atoms. The number of aliphatic hydroxyl groups excluding tert-OH is 1. The molecule has 2 N–H and O–H groups in total. The van der Waals surface area contributed by atoms with Crippen LogP contribution in [0.5, 0.6) is 0 Å².